The molecule has 0 aromatic carbocycles. The number of hydrogen-bond acceptors (Lipinski definition) is 4. The molecule has 90 valence electrons. The Morgan fingerprint density at radius 1 is 1.47 bits per heavy atom. The quantitative estimate of drug-likeness (QED) is 0.627. The minimum absolute atomic E-state index is 0.861. The molecule has 0 atom stereocenters. The van der Waals surface area contributed by atoms with Gasteiger partial charge in [0.05, 0.1) is 0 Å². The Morgan fingerprint density at radius 2 is 2.35 bits per heavy atom. The third-order valence-corrected chi connectivity index (χ3v) is 3.40. The van der Waals surface area contributed by atoms with Gasteiger partial charge in [-0.1, -0.05) is 36.9 Å². The van der Waals surface area contributed by atoms with Crippen molar-refractivity contribution in [3.63, 3.8) is 0 Å². The molecule has 0 radical (unpaired) electrons. The Balaban J connectivity index is 1.97. The van der Waals surface area contributed by atoms with E-state index in [1.54, 1.807) is 11.8 Å². The first-order valence-corrected chi connectivity index (χ1v) is 6.59. The number of aromatic nitrogens is 3. The van der Waals surface area contributed by atoms with Crippen LogP contribution in [0.4, 0.5) is 0 Å². The second kappa shape index (κ2) is 5.84. The lowest BCUT2D eigenvalue weighted by Gasteiger charge is -2.04. The highest BCUT2D eigenvalue weighted by Crippen LogP contribution is 2.18. The van der Waals surface area contributed by atoms with E-state index in [2.05, 4.69) is 29.0 Å². The molecule has 0 aliphatic carbocycles. The van der Waals surface area contributed by atoms with E-state index in [-0.39, 0.29) is 0 Å². The van der Waals surface area contributed by atoms with Crippen molar-refractivity contribution >= 4 is 17.4 Å². The molecule has 0 unspecified atom stereocenters. The number of fused-ring (bicyclic) bond motifs is 1. The highest BCUT2D eigenvalue weighted by Gasteiger charge is 2.05. The predicted molar refractivity (Wildman–Crippen MR) is 71.4 cm³/mol. The van der Waals surface area contributed by atoms with Gasteiger partial charge in [-0.3, -0.25) is 4.40 Å². The molecule has 2 rings (SSSR count). The fourth-order valence-corrected chi connectivity index (χ4v) is 2.26. The van der Waals surface area contributed by atoms with Crippen LogP contribution >= 0.6 is 11.8 Å². The number of pyridine rings is 1. The van der Waals surface area contributed by atoms with Crippen molar-refractivity contribution in [2.24, 2.45) is 0 Å². The second-order valence-corrected chi connectivity index (χ2v) is 4.67. The van der Waals surface area contributed by atoms with Gasteiger partial charge in [0.1, 0.15) is 0 Å². The Morgan fingerprint density at radius 3 is 3.18 bits per heavy atom. The van der Waals surface area contributed by atoms with E-state index in [0.717, 1.165) is 29.6 Å². The monoisotopic (exact) mass is 248 g/mol. The Hall–Kier alpha value is -1.33. The van der Waals surface area contributed by atoms with Gasteiger partial charge in [0.2, 0.25) is 0 Å². The van der Waals surface area contributed by atoms with Gasteiger partial charge in [0, 0.05) is 18.5 Å². The first kappa shape index (κ1) is 12.1. The molecule has 2 aromatic heterocycles. The van der Waals surface area contributed by atoms with Gasteiger partial charge < -0.3 is 5.32 Å². The van der Waals surface area contributed by atoms with Gasteiger partial charge in [-0.05, 0) is 18.7 Å². The Labute approximate surface area is 105 Å². The fourth-order valence-electron chi connectivity index (χ4n) is 1.44. The first-order chi connectivity index (χ1) is 8.31. The number of nitrogens with zero attached hydrogens (tertiary/aromatic N) is 3. The van der Waals surface area contributed by atoms with E-state index in [1.807, 2.05) is 28.8 Å². The SMILES string of the molecule is C=C(CNCC)CSc1nnc2ccccn12. The van der Waals surface area contributed by atoms with Crippen LogP contribution in [-0.4, -0.2) is 33.4 Å². The van der Waals surface area contributed by atoms with Crippen LogP contribution in [0.5, 0.6) is 0 Å². The molecule has 4 nitrogen and oxygen atoms in total. The standard InChI is InChI=1S/C12H16N4S/c1-3-13-8-10(2)9-17-12-15-14-11-6-4-5-7-16(11)12/h4-7,13H,2-3,8-9H2,1H3. The molecule has 0 saturated carbocycles. The minimum Gasteiger partial charge on any atom is -0.313 e. The summed E-state index contributed by atoms with van der Waals surface area (Å²) in [5.74, 6) is 0.864. The highest BCUT2D eigenvalue weighted by molar-refractivity contribution is 7.99. The van der Waals surface area contributed by atoms with E-state index in [9.17, 15) is 0 Å². The van der Waals surface area contributed by atoms with E-state index in [0.29, 0.717) is 0 Å². The van der Waals surface area contributed by atoms with Crippen molar-refractivity contribution in [2.45, 2.75) is 12.1 Å². The van der Waals surface area contributed by atoms with Crippen LogP contribution < -0.4 is 5.32 Å². The molecular formula is C12H16N4S. The van der Waals surface area contributed by atoms with Crippen LogP contribution in [0.25, 0.3) is 5.65 Å². The predicted octanol–water partition coefficient (Wildman–Crippen LogP) is 1.99. The summed E-state index contributed by atoms with van der Waals surface area (Å²) in [7, 11) is 0. The molecule has 5 heteroatoms. The van der Waals surface area contributed by atoms with Crippen LogP contribution in [-0.2, 0) is 0 Å². The summed E-state index contributed by atoms with van der Waals surface area (Å²) in [5.41, 5.74) is 2.05. The highest BCUT2D eigenvalue weighted by atomic mass is 32.2. The fraction of sp³-hybridized carbons (Fsp3) is 0.333. The molecule has 2 heterocycles. The summed E-state index contributed by atoms with van der Waals surface area (Å²) < 4.78 is 1.99. The van der Waals surface area contributed by atoms with E-state index < -0.39 is 0 Å². The number of hydrogen-bond donors (Lipinski definition) is 1. The van der Waals surface area contributed by atoms with Crippen LogP contribution in [0, 0.1) is 0 Å². The van der Waals surface area contributed by atoms with Crippen molar-refractivity contribution in [3.8, 4) is 0 Å². The van der Waals surface area contributed by atoms with Crippen LogP contribution in [0.1, 0.15) is 6.92 Å². The molecule has 0 amide bonds. The molecule has 1 N–H and O–H groups in total. The Bertz CT molecular complexity index is 506. The molecule has 2 aromatic rings. The second-order valence-electron chi connectivity index (χ2n) is 3.73. The number of likely N-dealkylation sites (N-methyl/N-ethyl adjacent to an activating group) is 1. The lowest BCUT2D eigenvalue weighted by Crippen LogP contribution is -2.16. The summed E-state index contributed by atoms with van der Waals surface area (Å²) in [5, 5.41) is 12.4. The van der Waals surface area contributed by atoms with Crippen LogP contribution in [0.3, 0.4) is 0 Å². The average Bonchev–Trinajstić information content (AvgIpc) is 2.77. The van der Waals surface area contributed by atoms with E-state index >= 15 is 0 Å². The van der Waals surface area contributed by atoms with Gasteiger partial charge >= 0.3 is 0 Å². The largest absolute Gasteiger partial charge is 0.313 e. The zero-order valence-corrected chi connectivity index (χ0v) is 10.7. The minimum atomic E-state index is 0.861. The summed E-state index contributed by atoms with van der Waals surface area (Å²) >= 11 is 1.66. The number of thioether (sulfide) groups is 1. The molecule has 0 aliphatic heterocycles. The van der Waals surface area contributed by atoms with E-state index in [4.69, 9.17) is 0 Å². The van der Waals surface area contributed by atoms with Gasteiger partial charge in [-0.2, -0.15) is 0 Å². The molecule has 0 fully saturated rings. The van der Waals surface area contributed by atoms with Crippen molar-refractivity contribution in [2.75, 3.05) is 18.8 Å². The van der Waals surface area contributed by atoms with Crippen molar-refractivity contribution in [1.82, 2.24) is 19.9 Å². The summed E-state index contributed by atoms with van der Waals surface area (Å²) in [6.07, 6.45) is 1.98. The third kappa shape index (κ3) is 3.08. The lowest BCUT2D eigenvalue weighted by atomic mass is 10.3. The maximum Gasteiger partial charge on any atom is 0.195 e. The smallest absolute Gasteiger partial charge is 0.195 e. The molecular weight excluding hydrogens is 232 g/mol. The van der Waals surface area contributed by atoms with Crippen molar-refractivity contribution in [3.05, 3.63) is 36.5 Å². The van der Waals surface area contributed by atoms with Gasteiger partial charge in [0.15, 0.2) is 10.8 Å². The maximum atomic E-state index is 4.16. The van der Waals surface area contributed by atoms with Gasteiger partial charge in [-0.15, -0.1) is 10.2 Å². The topological polar surface area (TPSA) is 42.2 Å². The van der Waals surface area contributed by atoms with E-state index in [1.165, 1.54) is 5.57 Å². The Kier molecular flexibility index (Phi) is 4.17. The van der Waals surface area contributed by atoms with Gasteiger partial charge in [-0.25, -0.2) is 0 Å². The summed E-state index contributed by atoms with van der Waals surface area (Å²) in [4.78, 5) is 0. The summed E-state index contributed by atoms with van der Waals surface area (Å²) in [6, 6.07) is 5.89. The number of nitrogens with one attached hydrogen (secondary N) is 1. The zero-order valence-electron chi connectivity index (χ0n) is 9.89. The zero-order chi connectivity index (χ0) is 12.1. The first-order valence-electron chi connectivity index (χ1n) is 5.61. The third-order valence-electron chi connectivity index (χ3n) is 2.31. The normalized spacial score (nSPS) is 10.9. The summed E-state index contributed by atoms with van der Waals surface area (Å²) in [6.45, 7) is 7.95. The lowest BCUT2D eigenvalue weighted by molar-refractivity contribution is 0.778. The molecule has 0 aliphatic rings. The molecule has 0 bridgehead atoms. The number of rotatable bonds is 6. The van der Waals surface area contributed by atoms with Crippen LogP contribution in [0.15, 0.2) is 41.7 Å². The molecule has 0 saturated heterocycles. The van der Waals surface area contributed by atoms with Crippen LogP contribution in [0.2, 0.25) is 0 Å². The maximum absolute atomic E-state index is 4.16. The molecule has 0 spiro atoms. The van der Waals surface area contributed by atoms with Gasteiger partial charge in [0.25, 0.3) is 0 Å². The van der Waals surface area contributed by atoms with Crippen molar-refractivity contribution < 1.29 is 0 Å². The molecule has 17 heavy (non-hydrogen) atoms. The van der Waals surface area contributed by atoms with Crippen molar-refractivity contribution in [1.29, 1.82) is 0 Å². The average molecular weight is 248 g/mol.